The summed E-state index contributed by atoms with van der Waals surface area (Å²) in [6, 6.07) is -0.607. The minimum Gasteiger partial charge on any atom is -0.444 e. The lowest BCUT2D eigenvalue weighted by atomic mass is 9.85. The summed E-state index contributed by atoms with van der Waals surface area (Å²) >= 11 is 0. The highest BCUT2D eigenvalue weighted by molar-refractivity contribution is 5.69. The van der Waals surface area contributed by atoms with Crippen molar-refractivity contribution in [2.45, 2.75) is 63.8 Å². The zero-order valence-corrected chi connectivity index (χ0v) is 11.9. The van der Waals surface area contributed by atoms with Crippen molar-refractivity contribution in [1.29, 1.82) is 0 Å². The Morgan fingerprint density at radius 3 is 2.60 bits per heavy atom. The van der Waals surface area contributed by atoms with E-state index in [1.54, 1.807) is 20.8 Å². The van der Waals surface area contributed by atoms with Crippen molar-refractivity contribution in [2.75, 3.05) is 0 Å². The van der Waals surface area contributed by atoms with Crippen molar-refractivity contribution in [3.63, 3.8) is 0 Å². The molecule has 0 saturated heterocycles. The molecule has 1 amide bonds. The van der Waals surface area contributed by atoms with Gasteiger partial charge in [-0.05, 0) is 44.7 Å². The van der Waals surface area contributed by atoms with Crippen LogP contribution in [0.3, 0.4) is 0 Å². The molecular weight excluding hydrogens is 262 g/mol. The largest absolute Gasteiger partial charge is 0.444 e. The summed E-state index contributed by atoms with van der Waals surface area (Å²) in [5, 5.41) is 9.92. The standard InChI is InChI=1S/C11H19N7O2/c1-10(2,3)20-9(19)14-11(16-18-13)7-5-4-6-8(11)15-17-12/h8H,4-7H2,1-3H3,(H,14,19). The highest BCUT2D eigenvalue weighted by atomic mass is 16.6. The summed E-state index contributed by atoms with van der Waals surface area (Å²) in [7, 11) is 0. The molecule has 20 heavy (non-hydrogen) atoms. The summed E-state index contributed by atoms with van der Waals surface area (Å²) in [6.45, 7) is 5.20. The molecule has 0 radical (unpaired) electrons. The number of hydrogen-bond donors (Lipinski definition) is 1. The Balaban J connectivity index is 2.98. The lowest BCUT2D eigenvalue weighted by Gasteiger charge is -2.38. The van der Waals surface area contributed by atoms with Crippen LogP contribution in [0.2, 0.25) is 0 Å². The average molecular weight is 281 g/mol. The molecule has 0 aromatic carbocycles. The molecule has 110 valence electrons. The van der Waals surface area contributed by atoms with E-state index in [0.29, 0.717) is 12.8 Å². The van der Waals surface area contributed by atoms with Gasteiger partial charge in [0.25, 0.3) is 0 Å². The first-order chi connectivity index (χ1) is 9.33. The van der Waals surface area contributed by atoms with Crippen LogP contribution in [0.4, 0.5) is 4.79 Å². The van der Waals surface area contributed by atoms with E-state index in [1.165, 1.54) is 0 Å². The molecule has 0 spiro atoms. The lowest BCUT2D eigenvalue weighted by molar-refractivity contribution is 0.0410. The number of alkyl carbamates (subject to hydrolysis) is 1. The maximum Gasteiger partial charge on any atom is 0.408 e. The first kappa shape index (κ1) is 15.9. The molecule has 1 aliphatic carbocycles. The van der Waals surface area contributed by atoms with Crippen LogP contribution in [0.1, 0.15) is 46.5 Å². The van der Waals surface area contributed by atoms with Gasteiger partial charge in [-0.2, -0.15) is 0 Å². The highest BCUT2D eigenvalue weighted by Gasteiger charge is 2.42. The number of azide groups is 2. The Labute approximate surface area is 116 Å². The van der Waals surface area contributed by atoms with Crippen molar-refractivity contribution >= 4 is 6.09 Å². The van der Waals surface area contributed by atoms with Crippen LogP contribution in [0.15, 0.2) is 10.2 Å². The lowest BCUT2D eigenvalue weighted by Crippen LogP contribution is -2.56. The van der Waals surface area contributed by atoms with Gasteiger partial charge in [0, 0.05) is 9.82 Å². The van der Waals surface area contributed by atoms with Crippen molar-refractivity contribution < 1.29 is 9.53 Å². The summed E-state index contributed by atoms with van der Waals surface area (Å²) in [5.74, 6) is 0. The Bertz CT molecular complexity index is 460. The Morgan fingerprint density at radius 2 is 2.05 bits per heavy atom. The first-order valence-corrected chi connectivity index (χ1v) is 6.44. The second kappa shape index (κ2) is 6.36. The zero-order valence-electron chi connectivity index (χ0n) is 11.9. The van der Waals surface area contributed by atoms with Gasteiger partial charge in [0.15, 0.2) is 0 Å². The quantitative estimate of drug-likeness (QED) is 0.478. The molecule has 0 aromatic heterocycles. The maximum absolute atomic E-state index is 11.9. The Morgan fingerprint density at radius 1 is 1.35 bits per heavy atom. The van der Waals surface area contributed by atoms with E-state index < -0.39 is 23.4 Å². The van der Waals surface area contributed by atoms with Gasteiger partial charge in [0.2, 0.25) is 0 Å². The highest BCUT2D eigenvalue weighted by Crippen LogP contribution is 2.33. The number of amides is 1. The number of nitrogens with zero attached hydrogens (tertiary/aromatic N) is 6. The minimum atomic E-state index is -1.25. The molecule has 1 rings (SSSR count). The van der Waals surface area contributed by atoms with Gasteiger partial charge >= 0.3 is 6.09 Å². The molecule has 0 heterocycles. The number of hydrogen-bond acceptors (Lipinski definition) is 4. The van der Waals surface area contributed by atoms with E-state index in [0.717, 1.165) is 12.8 Å². The molecule has 1 aliphatic rings. The minimum absolute atomic E-state index is 0.417. The molecule has 1 saturated carbocycles. The number of rotatable bonds is 3. The molecule has 0 bridgehead atoms. The van der Waals surface area contributed by atoms with E-state index >= 15 is 0 Å². The molecule has 1 fully saturated rings. The molecule has 1 N–H and O–H groups in total. The third-order valence-electron chi connectivity index (χ3n) is 2.97. The molecular formula is C11H19N7O2. The van der Waals surface area contributed by atoms with E-state index in [-0.39, 0.29) is 0 Å². The van der Waals surface area contributed by atoms with Crippen LogP contribution in [0, 0.1) is 0 Å². The molecule has 2 atom stereocenters. The van der Waals surface area contributed by atoms with Crippen LogP contribution in [-0.2, 0) is 4.74 Å². The summed E-state index contributed by atoms with van der Waals surface area (Å²) in [4.78, 5) is 17.5. The van der Waals surface area contributed by atoms with Crippen molar-refractivity contribution in [3.8, 4) is 0 Å². The van der Waals surface area contributed by atoms with Crippen molar-refractivity contribution in [3.05, 3.63) is 20.9 Å². The normalized spacial score (nSPS) is 25.9. The first-order valence-electron chi connectivity index (χ1n) is 6.44. The number of carbonyl (C=O) groups excluding carboxylic acids is 1. The summed E-state index contributed by atoms with van der Waals surface area (Å²) in [5.41, 5.74) is 15.5. The number of nitrogens with one attached hydrogen (secondary N) is 1. The molecule has 0 aromatic rings. The SMILES string of the molecule is CC(C)(C)OC(=O)NC1(N=[N+]=[N-])CCCCC1N=[N+]=[N-]. The predicted molar refractivity (Wildman–Crippen MR) is 72.6 cm³/mol. The fourth-order valence-electron chi connectivity index (χ4n) is 2.20. The fourth-order valence-corrected chi connectivity index (χ4v) is 2.20. The van der Waals surface area contributed by atoms with Gasteiger partial charge in [-0.3, -0.25) is 0 Å². The van der Waals surface area contributed by atoms with E-state index in [2.05, 4.69) is 25.4 Å². The van der Waals surface area contributed by atoms with Gasteiger partial charge < -0.3 is 10.1 Å². The topological polar surface area (TPSA) is 136 Å². The van der Waals surface area contributed by atoms with E-state index in [4.69, 9.17) is 15.8 Å². The molecule has 0 aliphatic heterocycles. The second-order valence-corrected chi connectivity index (χ2v) is 5.71. The molecule has 2 unspecified atom stereocenters. The van der Waals surface area contributed by atoms with Gasteiger partial charge in [-0.25, -0.2) is 4.79 Å². The van der Waals surface area contributed by atoms with Crippen LogP contribution >= 0.6 is 0 Å². The van der Waals surface area contributed by atoms with Crippen LogP contribution < -0.4 is 5.32 Å². The Kier molecular flexibility index (Phi) is 5.07. The van der Waals surface area contributed by atoms with Gasteiger partial charge in [-0.1, -0.05) is 23.1 Å². The number of ether oxygens (including phenoxy) is 1. The predicted octanol–water partition coefficient (Wildman–Crippen LogP) is 3.77. The summed E-state index contributed by atoms with van der Waals surface area (Å²) < 4.78 is 5.17. The second-order valence-electron chi connectivity index (χ2n) is 5.71. The molecule has 9 heteroatoms. The van der Waals surface area contributed by atoms with Crippen molar-refractivity contribution in [2.24, 2.45) is 10.2 Å². The third kappa shape index (κ3) is 4.22. The average Bonchev–Trinajstić information content (AvgIpc) is 2.30. The monoisotopic (exact) mass is 281 g/mol. The van der Waals surface area contributed by atoms with E-state index in [9.17, 15) is 4.79 Å². The van der Waals surface area contributed by atoms with Gasteiger partial charge in [0.1, 0.15) is 11.3 Å². The Hall–Kier alpha value is -2.11. The fraction of sp³-hybridized carbons (Fsp3) is 0.909. The summed E-state index contributed by atoms with van der Waals surface area (Å²) in [6.07, 6.45) is 1.90. The van der Waals surface area contributed by atoms with E-state index in [1.807, 2.05) is 0 Å². The van der Waals surface area contributed by atoms with Crippen LogP contribution in [0.5, 0.6) is 0 Å². The number of carbonyl (C=O) groups is 1. The molecule has 9 nitrogen and oxygen atoms in total. The van der Waals surface area contributed by atoms with Gasteiger partial charge in [0.05, 0.1) is 6.04 Å². The zero-order chi connectivity index (χ0) is 15.2. The smallest absolute Gasteiger partial charge is 0.408 e. The maximum atomic E-state index is 11.9. The van der Waals surface area contributed by atoms with Crippen LogP contribution in [0.25, 0.3) is 20.9 Å². The van der Waals surface area contributed by atoms with Gasteiger partial charge in [-0.15, -0.1) is 0 Å². The third-order valence-corrected chi connectivity index (χ3v) is 2.97. The van der Waals surface area contributed by atoms with Crippen LogP contribution in [-0.4, -0.2) is 23.4 Å². The van der Waals surface area contributed by atoms with Crippen molar-refractivity contribution in [1.82, 2.24) is 5.32 Å².